The van der Waals surface area contributed by atoms with Crippen LogP contribution in [0.2, 0.25) is 0 Å². The van der Waals surface area contributed by atoms with Crippen LogP contribution in [0.15, 0.2) is 45.5 Å². The lowest BCUT2D eigenvalue weighted by Crippen LogP contribution is -2.18. The molecule has 0 aliphatic rings. The SMILES string of the molecule is COC(=O)c1occc1CN(C)Cc1ccc(Br)cc1. The molecule has 0 N–H and O–H groups in total. The minimum absolute atomic E-state index is 0.273. The number of benzene rings is 1. The van der Waals surface area contributed by atoms with Crippen LogP contribution in [-0.4, -0.2) is 25.0 Å². The molecule has 0 bridgehead atoms. The number of ether oxygens (including phenoxy) is 1. The second-order valence-electron chi connectivity index (χ2n) is 4.57. The quantitative estimate of drug-likeness (QED) is 0.783. The van der Waals surface area contributed by atoms with Crippen molar-refractivity contribution < 1.29 is 13.9 Å². The van der Waals surface area contributed by atoms with Gasteiger partial charge in [0.2, 0.25) is 5.76 Å². The molecule has 0 aliphatic heterocycles. The van der Waals surface area contributed by atoms with Crippen LogP contribution in [0.25, 0.3) is 0 Å². The van der Waals surface area contributed by atoms with Gasteiger partial charge in [-0.15, -0.1) is 0 Å². The third-order valence-corrected chi connectivity index (χ3v) is 3.45. The summed E-state index contributed by atoms with van der Waals surface area (Å²) in [4.78, 5) is 13.6. The van der Waals surface area contributed by atoms with Crippen LogP contribution in [0.1, 0.15) is 21.7 Å². The summed E-state index contributed by atoms with van der Waals surface area (Å²) >= 11 is 3.42. The van der Waals surface area contributed by atoms with E-state index in [1.807, 2.05) is 19.2 Å². The highest BCUT2D eigenvalue weighted by molar-refractivity contribution is 9.10. The van der Waals surface area contributed by atoms with E-state index in [9.17, 15) is 4.79 Å². The molecular weight excluding hydrogens is 322 g/mol. The number of rotatable bonds is 5. The van der Waals surface area contributed by atoms with Gasteiger partial charge in [-0.25, -0.2) is 4.79 Å². The maximum absolute atomic E-state index is 11.5. The highest BCUT2D eigenvalue weighted by atomic mass is 79.9. The molecule has 0 saturated carbocycles. The molecule has 2 rings (SSSR count). The molecule has 20 heavy (non-hydrogen) atoms. The van der Waals surface area contributed by atoms with Crippen molar-refractivity contribution >= 4 is 21.9 Å². The molecule has 1 aromatic heterocycles. The molecule has 5 heteroatoms. The molecule has 1 heterocycles. The second kappa shape index (κ2) is 6.72. The van der Waals surface area contributed by atoms with Crippen molar-refractivity contribution in [1.82, 2.24) is 4.90 Å². The van der Waals surface area contributed by atoms with Gasteiger partial charge in [0.15, 0.2) is 0 Å². The average molecular weight is 338 g/mol. The van der Waals surface area contributed by atoms with E-state index >= 15 is 0 Å². The van der Waals surface area contributed by atoms with E-state index in [-0.39, 0.29) is 5.76 Å². The van der Waals surface area contributed by atoms with Crippen molar-refractivity contribution in [2.75, 3.05) is 14.2 Å². The summed E-state index contributed by atoms with van der Waals surface area (Å²) in [5, 5.41) is 0. The zero-order chi connectivity index (χ0) is 14.5. The van der Waals surface area contributed by atoms with Crippen molar-refractivity contribution in [2.24, 2.45) is 0 Å². The number of methoxy groups -OCH3 is 1. The minimum atomic E-state index is -0.443. The monoisotopic (exact) mass is 337 g/mol. The van der Waals surface area contributed by atoms with Crippen molar-refractivity contribution in [3.05, 3.63) is 58.0 Å². The first kappa shape index (κ1) is 14.8. The Hall–Kier alpha value is -1.59. The summed E-state index contributed by atoms with van der Waals surface area (Å²) in [6, 6.07) is 9.96. The third-order valence-electron chi connectivity index (χ3n) is 2.92. The van der Waals surface area contributed by atoms with Crippen LogP contribution in [-0.2, 0) is 17.8 Å². The first-order valence-electron chi connectivity index (χ1n) is 6.18. The molecule has 106 valence electrons. The zero-order valence-electron chi connectivity index (χ0n) is 11.4. The molecule has 2 aromatic rings. The molecule has 0 amide bonds. The second-order valence-corrected chi connectivity index (χ2v) is 5.48. The lowest BCUT2D eigenvalue weighted by molar-refractivity contribution is 0.0562. The van der Waals surface area contributed by atoms with Crippen LogP contribution in [0.5, 0.6) is 0 Å². The van der Waals surface area contributed by atoms with E-state index in [1.54, 1.807) is 6.07 Å². The highest BCUT2D eigenvalue weighted by Crippen LogP contribution is 2.16. The fourth-order valence-electron chi connectivity index (χ4n) is 1.98. The Balaban J connectivity index is 2.01. The molecule has 0 unspecified atom stereocenters. The normalized spacial score (nSPS) is 10.8. The van der Waals surface area contributed by atoms with E-state index in [0.29, 0.717) is 6.54 Å². The molecule has 4 nitrogen and oxygen atoms in total. The summed E-state index contributed by atoms with van der Waals surface area (Å²) in [6.07, 6.45) is 1.51. The van der Waals surface area contributed by atoms with Crippen LogP contribution in [0.3, 0.4) is 0 Å². The van der Waals surface area contributed by atoms with E-state index in [4.69, 9.17) is 9.15 Å². The van der Waals surface area contributed by atoms with Crippen LogP contribution in [0, 0.1) is 0 Å². The smallest absolute Gasteiger partial charge is 0.374 e. The number of carbonyl (C=O) groups excluding carboxylic acids is 1. The van der Waals surface area contributed by atoms with E-state index in [0.717, 1.165) is 16.6 Å². The van der Waals surface area contributed by atoms with E-state index in [2.05, 4.69) is 33.0 Å². The highest BCUT2D eigenvalue weighted by Gasteiger charge is 2.16. The number of furan rings is 1. The number of hydrogen-bond acceptors (Lipinski definition) is 4. The fourth-order valence-corrected chi connectivity index (χ4v) is 2.24. The van der Waals surface area contributed by atoms with Crippen molar-refractivity contribution in [3.63, 3.8) is 0 Å². The van der Waals surface area contributed by atoms with Gasteiger partial charge < -0.3 is 9.15 Å². The Kier molecular flexibility index (Phi) is 4.98. The van der Waals surface area contributed by atoms with Gasteiger partial charge in [0.1, 0.15) is 0 Å². The summed E-state index contributed by atoms with van der Waals surface area (Å²) in [5.41, 5.74) is 2.04. The van der Waals surface area contributed by atoms with Crippen LogP contribution >= 0.6 is 15.9 Å². The Morgan fingerprint density at radius 1 is 1.25 bits per heavy atom. The van der Waals surface area contributed by atoms with Crippen molar-refractivity contribution in [3.8, 4) is 0 Å². The van der Waals surface area contributed by atoms with Gasteiger partial charge in [-0.1, -0.05) is 28.1 Å². The first-order chi connectivity index (χ1) is 9.60. The standard InChI is InChI=1S/C15H16BrNO3/c1-17(9-11-3-5-13(16)6-4-11)10-12-7-8-20-14(12)15(18)19-2/h3-8H,9-10H2,1-2H3. The molecule has 0 atom stereocenters. The maximum Gasteiger partial charge on any atom is 0.374 e. The maximum atomic E-state index is 11.5. The number of carbonyl (C=O) groups is 1. The number of hydrogen-bond donors (Lipinski definition) is 0. The van der Waals surface area contributed by atoms with Crippen molar-refractivity contribution in [1.29, 1.82) is 0 Å². The predicted octanol–water partition coefficient (Wildman–Crippen LogP) is 3.46. The van der Waals surface area contributed by atoms with Gasteiger partial charge in [-0.05, 0) is 30.8 Å². The van der Waals surface area contributed by atoms with Crippen molar-refractivity contribution in [2.45, 2.75) is 13.1 Å². The van der Waals surface area contributed by atoms with Gasteiger partial charge in [0.25, 0.3) is 0 Å². The molecule has 0 fully saturated rings. The number of halogens is 1. The fraction of sp³-hybridized carbons (Fsp3) is 0.267. The molecule has 0 spiro atoms. The third kappa shape index (κ3) is 3.71. The Morgan fingerprint density at radius 2 is 1.95 bits per heavy atom. The first-order valence-corrected chi connectivity index (χ1v) is 6.97. The summed E-state index contributed by atoms with van der Waals surface area (Å²) in [6.45, 7) is 1.41. The van der Waals surface area contributed by atoms with Gasteiger partial charge >= 0.3 is 5.97 Å². The zero-order valence-corrected chi connectivity index (χ0v) is 13.0. The molecule has 0 aliphatic carbocycles. The van der Waals surface area contributed by atoms with Gasteiger partial charge in [0, 0.05) is 23.1 Å². The number of esters is 1. The summed E-state index contributed by atoms with van der Waals surface area (Å²) < 4.78 is 10.9. The van der Waals surface area contributed by atoms with Crippen LogP contribution < -0.4 is 0 Å². The molecule has 1 aromatic carbocycles. The summed E-state index contributed by atoms with van der Waals surface area (Å²) in [7, 11) is 3.34. The molecule has 0 saturated heterocycles. The topological polar surface area (TPSA) is 42.7 Å². The Labute approximate surface area is 126 Å². The number of nitrogens with zero attached hydrogens (tertiary/aromatic N) is 1. The molecular formula is C15H16BrNO3. The summed E-state index contributed by atoms with van der Waals surface area (Å²) in [5.74, 6) is -0.169. The van der Waals surface area contributed by atoms with E-state index < -0.39 is 5.97 Å². The lowest BCUT2D eigenvalue weighted by Gasteiger charge is -2.16. The largest absolute Gasteiger partial charge is 0.463 e. The van der Waals surface area contributed by atoms with Crippen LogP contribution in [0.4, 0.5) is 0 Å². The van der Waals surface area contributed by atoms with Gasteiger partial charge in [-0.3, -0.25) is 4.90 Å². The Morgan fingerprint density at radius 3 is 2.60 bits per heavy atom. The van der Waals surface area contributed by atoms with Gasteiger partial charge in [-0.2, -0.15) is 0 Å². The van der Waals surface area contributed by atoms with Gasteiger partial charge in [0.05, 0.1) is 13.4 Å². The molecule has 0 radical (unpaired) electrons. The predicted molar refractivity (Wildman–Crippen MR) is 79.4 cm³/mol. The Bertz CT molecular complexity index is 577. The lowest BCUT2D eigenvalue weighted by atomic mass is 10.2. The van der Waals surface area contributed by atoms with E-state index in [1.165, 1.54) is 18.9 Å². The minimum Gasteiger partial charge on any atom is -0.463 e. The average Bonchev–Trinajstić information content (AvgIpc) is 2.88.